The van der Waals surface area contributed by atoms with Gasteiger partial charge in [0.05, 0.1) is 6.54 Å². The van der Waals surface area contributed by atoms with Gasteiger partial charge in [-0.1, -0.05) is 26.8 Å². The van der Waals surface area contributed by atoms with Gasteiger partial charge in [0.1, 0.15) is 11.4 Å². The highest BCUT2D eigenvalue weighted by Gasteiger charge is 2.34. The molecule has 0 radical (unpaired) electrons. The second-order valence-electron chi connectivity index (χ2n) is 11.1. The summed E-state index contributed by atoms with van der Waals surface area (Å²) in [6, 6.07) is 7.41. The average Bonchev–Trinajstić information content (AvgIpc) is 2.90. The van der Waals surface area contributed by atoms with Gasteiger partial charge in [0.15, 0.2) is 6.10 Å². The maximum absolute atomic E-state index is 13.4. The minimum Gasteiger partial charge on any atom is -0.479 e. The lowest BCUT2D eigenvalue weighted by Crippen LogP contribution is -2.45. The van der Waals surface area contributed by atoms with E-state index in [4.69, 9.17) is 5.11 Å². The number of aliphatic hydroxyl groups is 1. The Bertz CT molecular complexity index is 1190. The number of anilines is 1. The number of carboxylic acid groups (broad SMARTS) is 1. The number of rotatable bonds is 9. The molecule has 1 saturated carbocycles. The number of urea groups is 1. The van der Waals surface area contributed by atoms with Gasteiger partial charge in [0.25, 0.3) is 5.91 Å². The lowest BCUT2D eigenvalue weighted by molar-refractivity contribution is -0.274. The number of aliphatic carboxylic acids is 1. The Morgan fingerprint density at radius 3 is 2.20 bits per heavy atom. The molecule has 0 spiro atoms. The van der Waals surface area contributed by atoms with Crippen LogP contribution in [-0.4, -0.2) is 63.1 Å². The van der Waals surface area contributed by atoms with E-state index in [1.807, 2.05) is 0 Å². The molecular formula is C28H35F3N4O6. The molecule has 1 fully saturated rings. The summed E-state index contributed by atoms with van der Waals surface area (Å²) in [6.45, 7) is 6.27. The molecule has 1 aromatic heterocycles. The molecule has 0 bridgehead atoms. The summed E-state index contributed by atoms with van der Waals surface area (Å²) in [6.07, 6.45) is -1.72. The fourth-order valence-corrected chi connectivity index (χ4v) is 4.77. The van der Waals surface area contributed by atoms with Crippen LogP contribution >= 0.6 is 0 Å². The Labute approximate surface area is 235 Å². The zero-order valence-electron chi connectivity index (χ0n) is 23.1. The van der Waals surface area contributed by atoms with Crippen LogP contribution in [0.2, 0.25) is 0 Å². The fraction of sp³-hybridized carbons (Fsp3) is 0.500. The Kier molecular flexibility index (Phi) is 10.2. The predicted molar refractivity (Wildman–Crippen MR) is 143 cm³/mol. The summed E-state index contributed by atoms with van der Waals surface area (Å²) in [7, 11) is 0. The monoisotopic (exact) mass is 580 g/mol. The Hall–Kier alpha value is -3.87. The molecular weight excluding hydrogens is 545 g/mol. The second kappa shape index (κ2) is 13.2. The van der Waals surface area contributed by atoms with E-state index in [0.717, 1.165) is 37.8 Å². The largest absolute Gasteiger partial charge is 0.573 e. The van der Waals surface area contributed by atoms with Crippen molar-refractivity contribution in [3.05, 3.63) is 53.9 Å². The maximum atomic E-state index is 13.4. The van der Waals surface area contributed by atoms with Crippen molar-refractivity contribution in [1.82, 2.24) is 15.2 Å². The van der Waals surface area contributed by atoms with Gasteiger partial charge in [-0.3, -0.25) is 9.78 Å². The number of carbonyl (C=O) groups excluding carboxylic acids is 2. The third-order valence-electron chi connectivity index (χ3n) is 7.11. The van der Waals surface area contributed by atoms with Crippen molar-refractivity contribution < 1.29 is 42.5 Å². The molecule has 3 amide bonds. The van der Waals surface area contributed by atoms with Crippen molar-refractivity contribution in [2.24, 2.45) is 11.3 Å². The van der Waals surface area contributed by atoms with Gasteiger partial charge in [-0.2, -0.15) is 0 Å². The summed E-state index contributed by atoms with van der Waals surface area (Å²) >= 11 is 0. The third kappa shape index (κ3) is 9.62. The molecule has 1 atom stereocenters. The number of aliphatic hydroxyl groups excluding tert-OH is 1. The molecule has 41 heavy (non-hydrogen) atoms. The molecule has 3 rings (SSSR count). The number of carboxylic acids is 1. The molecule has 1 aliphatic carbocycles. The SMILES string of the molecule is CC(C)(C)C1CCC(N(Cc2ccc(C(=O)NC[C@@H](O)C(=O)O)nc2)C(=O)Nc2ccc(OC(F)(F)F)cc2)CC1. The number of nitrogens with zero attached hydrogens (tertiary/aromatic N) is 2. The summed E-state index contributed by atoms with van der Waals surface area (Å²) in [4.78, 5) is 42.2. The quantitative estimate of drug-likeness (QED) is 0.334. The van der Waals surface area contributed by atoms with E-state index in [-0.39, 0.29) is 23.7 Å². The van der Waals surface area contributed by atoms with Crippen LogP contribution in [0.25, 0.3) is 0 Å². The van der Waals surface area contributed by atoms with Crippen molar-refractivity contribution in [3.8, 4) is 5.75 Å². The van der Waals surface area contributed by atoms with E-state index in [1.54, 1.807) is 11.0 Å². The van der Waals surface area contributed by atoms with Crippen molar-refractivity contribution in [2.75, 3.05) is 11.9 Å². The van der Waals surface area contributed by atoms with Crippen LogP contribution in [-0.2, 0) is 11.3 Å². The zero-order chi connectivity index (χ0) is 30.4. The summed E-state index contributed by atoms with van der Waals surface area (Å²) in [5.41, 5.74) is 1.08. The molecule has 2 aromatic rings. The van der Waals surface area contributed by atoms with E-state index in [9.17, 15) is 32.7 Å². The smallest absolute Gasteiger partial charge is 0.479 e. The summed E-state index contributed by atoms with van der Waals surface area (Å²) in [5.74, 6) is -2.02. The Morgan fingerprint density at radius 1 is 1.05 bits per heavy atom. The van der Waals surface area contributed by atoms with Crippen LogP contribution in [0.5, 0.6) is 5.75 Å². The number of amides is 3. The number of hydrogen-bond acceptors (Lipinski definition) is 6. The average molecular weight is 581 g/mol. The molecule has 1 aliphatic rings. The molecule has 0 unspecified atom stereocenters. The lowest BCUT2D eigenvalue weighted by Gasteiger charge is -2.41. The number of ether oxygens (including phenoxy) is 1. The molecule has 224 valence electrons. The number of halogens is 3. The maximum Gasteiger partial charge on any atom is 0.573 e. The van der Waals surface area contributed by atoms with E-state index in [0.29, 0.717) is 17.2 Å². The third-order valence-corrected chi connectivity index (χ3v) is 7.11. The van der Waals surface area contributed by atoms with E-state index in [2.05, 4.69) is 41.1 Å². The van der Waals surface area contributed by atoms with Gasteiger partial charge in [0, 0.05) is 24.5 Å². The first-order valence-electron chi connectivity index (χ1n) is 13.2. The molecule has 4 N–H and O–H groups in total. The number of hydrogen-bond donors (Lipinski definition) is 4. The second-order valence-corrected chi connectivity index (χ2v) is 11.1. The predicted octanol–water partition coefficient (Wildman–Crippen LogP) is 4.79. The number of benzene rings is 1. The van der Waals surface area contributed by atoms with Gasteiger partial charge < -0.3 is 30.5 Å². The lowest BCUT2D eigenvalue weighted by atomic mass is 9.71. The molecule has 13 heteroatoms. The number of pyridine rings is 1. The highest BCUT2D eigenvalue weighted by molar-refractivity contribution is 5.92. The highest BCUT2D eigenvalue weighted by Crippen LogP contribution is 2.39. The van der Waals surface area contributed by atoms with E-state index in [1.165, 1.54) is 24.4 Å². The zero-order valence-corrected chi connectivity index (χ0v) is 23.1. The standard InChI is InChI=1S/C28H35F3N4O6/c1-27(2,3)18-5-9-20(10-6-18)35(26(40)34-19-7-11-21(12-8-19)41-28(29,30)31)16-17-4-13-22(32-14-17)24(37)33-15-23(36)25(38)39/h4,7-8,11-14,18,20,23,36H,5-6,9-10,15-16H2,1-3H3,(H,33,37)(H,34,40)(H,38,39)/t18?,20?,23-/m1/s1. The van der Waals surface area contributed by atoms with E-state index < -0.39 is 42.7 Å². The van der Waals surface area contributed by atoms with Crippen molar-refractivity contribution in [2.45, 2.75) is 71.5 Å². The fourth-order valence-electron chi connectivity index (χ4n) is 4.77. The highest BCUT2D eigenvalue weighted by atomic mass is 19.4. The number of aromatic nitrogens is 1. The molecule has 0 aliphatic heterocycles. The van der Waals surface area contributed by atoms with Crippen LogP contribution < -0.4 is 15.4 Å². The van der Waals surface area contributed by atoms with Crippen LogP contribution in [0, 0.1) is 11.3 Å². The Balaban J connectivity index is 1.72. The Morgan fingerprint density at radius 2 is 1.68 bits per heavy atom. The number of alkyl halides is 3. The first-order valence-corrected chi connectivity index (χ1v) is 13.2. The molecule has 0 saturated heterocycles. The van der Waals surface area contributed by atoms with Crippen molar-refractivity contribution in [3.63, 3.8) is 0 Å². The molecule has 1 aromatic carbocycles. The van der Waals surface area contributed by atoms with Gasteiger partial charge >= 0.3 is 18.4 Å². The summed E-state index contributed by atoms with van der Waals surface area (Å²) < 4.78 is 41.3. The van der Waals surface area contributed by atoms with Crippen molar-refractivity contribution >= 4 is 23.6 Å². The first-order chi connectivity index (χ1) is 19.1. The van der Waals surface area contributed by atoms with Crippen LogP contribution in [0.3, 0.4) is 0 Å². The number of carbonyl (C=O) groups is 3. The van der Waals surface area contributed by atoms with E-state index >= 15 is 0 Å². The molecule has 10 nitrogen and oxygen atoms in total. The van der Waals surface area contributed by atoms with Crippen LogP contribution in [0.1, 0.15) is 62.5 Å². The van der Waals surface area contributed by atoms with Gasteiger partial charge in [-0.15, -0.1) is 13.2 Å². The van der Waals surface area contributed by atoms with Gasteiger partial charge in [0.2, 0.25) is 0 Å². The van der Waals surface area contributed by atoms with Crippen LogP contribution in [0.15, 0.2) is 42.6 Å². The molecule has 1 heterocycles. The van der Waals surface area contributed by atoms with Crippen molar-refractivity contribution in [1.29, 1.82) is 0 Å². The van der Waals surface area contributed by atoms with Gasteiger partial charge in [-0.05, 0) is 72.9 Å². The van der Waals surface area contributed by atoms with Gasteiger partial charge in [-0.25, -0.2) is 9.59 Å². The number of nitrogens with one attached hydrogen (secondary N) is 2. The topological polar surface area (TPSA) is 141 Å². The normalized spacial score (nSPS) is 18.2. The minimum absolute atomic E-state index is 0.00851. The minimum atomic E-state index is -4.82. The first kappa shape index (κ1) is 31.7. The van der Waals surface area contributed by atoms with Crippen LogP contribution in [0.4, 0.5) is 23.7 Å². The summed E-state index contributed by atoms with van der Waals surface area (Å²) in [5, 5.41) is 23.1.